The first-order valence-electron chi connectivity index (χ1n) is 6.46. The van der Waals surface area contributed by atoms with Crippen LogP contribution in [0.15, 0.2) is 65.6 Å². The van der Waals surface area contributed by atoms with E-state index in [1.807, 2.05) is 48.5 Å². The number of hydrogen-bond acceptors (Lipinski definition) is 5. The van der Waals surface area contributed by atoms with Crippen LogP contribution in [0.4, 0.5) is 11.7 Å². The van der Waals surface area contributed by atoms with Crippen molar-refractivity contribution in [2.75, 3.05) is 5.32 Å². The Labute approximate surface area is 120 Å². The third-order valence-corrected chi connectivity index (χ3v) is 3.07. The van der Waals surface area contributed by atoms with E-state index in [0.29, 0.717) is 6.01 Å². The van der Waals surface area contributed by atoms with Crippen LogP contribution in [0.25, 0.3) is 16.8 Å². The van der Waals surface area contributed by atoms with E-state index < -0.39 is 0 Å². The summed E-state index contributed by atoms with van der Waals surface area (Å²) < 4.78 is 7.34. The van der Waals surface area contributed by atoms with E-state index in [2.05, 4.69) is 20.4 Å². The van der Waals surface area contributed by atoms with Crippen LogP contribution in [-0.2, 0) is 0 Å². The van der Waals surface area contributed by atoms with Crippen molar-refractivity contribution >= 4 is 22.8 Å². The van der Waals surface area contributed by atoms with Crippen LogP contribution in [0.2, 0.25) is 0 Å². The average Bonchev–Trinajstić information content (AvgIpc) is 3.16. The summed E-state index contributed by atoms with van der Waals surface area (Å²) in [6.45, 7) is 0. The smallest absolute Gasteiger partial charge is 0.300 e. The van der Waals surface area contributed by atoms with Gasteiger partial charge in [0.1, 0.15) is 18.2 Å². The fraction of sp³-hybridized carbons (Fsp3) is 0. The quantitative estimate of drug-likeness (QED) is 0.623. The van der Waals surface area contributed by atoms with E-state index in [4.69, 9.17) is 4.42 Å². The number of rotatable bonds is 3. The van der Waals surface area contributed by atoms with Gasteiger partial charge in [0.05, 0.1) is 5.69 Å². The molecule has 0 aliphatic carbocycles. The van der Waals surface area contributed by atoms with Crippen molar-refractivity contribution in [2.45, 2.75) is 0 Å². The summed E-state index contributed by atoms with van der Waals surface area (Å²) in [6.07, 6.45) is 3.15. The molecule has 0 aliphatic heterocycles. The molecule has 0 saturated heterocycles. The highest BCUT2D eigenvalue weighted by atomic mass is 16.4. The zero-order valence-electron chi connectivity index (χ0n) is 11.0. The summed E-state index contributed by atoms with van der Waals surface area (Å²) >= 11 is 0. The Bertz CT molecular complexity index is 849. The minimum Gasteiger partial charge on any atom is -0.423 e. The molecule has 4 aromatic rings. The summed E-state index contributed by atoms with van der Waals surface area (Å²) in [5.41, 5.74) is 3.36. The summed E-state index contributed by atoms with van der Waals surface area (Å²) in [5.74, 6) is 0. The zero-order valence-corrected chi connectivity index (χ0v) is 11.0. The SMILES string of the molecule is c1cc(Nc2nc3ccccc3o2)cc(-n2cncn2)c1. The first-order chi connectivity index (χ1) is 10.4. The van der Waals surface area contributed by atoms with Crippen LogP contribution in [0.5, 0.6) is 0 Å². The molecule has 1 N–H and O–H groups in total. The van der Waals surface area contributed by atoms with Gasteiger partial charge in [-0.05, 0) is 30.3 Å². The lowest BCUT2D eigenvalue weighted by Crippen LogP contribution is -1.96. The third-order valence-electron chi connectivity index (χ3n) is 3.07. The molecule has 0 amide bonds. The van der Waals surface area contributed by atoms with Crippen LogP contribution >= 0.6 is 0 Å². The molecule has 6 nitrogen and oxygen atoms in total. The average molecular weight is 277 g/mol. The number of nitrogens with one attached hydrogen (secondary N) is 1. The van der Waals surface area contributed by atoms with Gasteiger partial charge in [0.2, 0.25) is 0 Å². The van der Waals surface area contributed by atoms with Gasteiger partial charge in [0.15, 0.2) is 5.58 Å². The number of para-hydroxylation sites is 2. The summed E-state index contributed by atoms with van der Waals surface area (Å²) in [4.78, 5) is 8.33. The van der Waals surface area contributed by atoms with Gasteiger partial charge in [-0.3, -0.25) is 0 Å². The van der Waals surface area contributed by atoms with E-state index in [9.17, 15) is 0 Å². The zero-order chi connectivity index (χ0) is 14.1. The first-order valence-corrected chi connectivity index (χ1v) is 6.46. The monoisotopic (exact) mass is 277 g/mol. The molecule has 0 unspecified atom stereocenters. The van der Waals surface area contributed by atoms with E-state index in [-0.39, 0.29) is 0 Å². The fourth-order valence-electron chi connectivity index (χ4n) is 2.12. The number of fused-ring (bicyclic) bond motifs is 1. The summed E-state index contributed by atoms with van der Waals surface area (Å²) in [6, 6.07) is 15.9. The second-order valence-electron chi connectivity index (χ2n) is 4.50. The molecule has 2 aromatic carbocycles. The molecular formula is C15H11N5O. The first kappa shape index (κ1) is 11.7. The van der Waals surface area contributed by atoms with Gasteiger partial charge in [-0.1, -0.05) is 18.2 Å². The van der Waals surface area contributed by atoms with Crippen LogP contribution in [-0.4, -0.2) is 19.7 Å². The minimum atomic E-state index is 0.465. The van der Waals surface area contributed by atoms with Crippen molar-refractivity contribution in [1.29, 1.82) is 0 Å². The van der Waals surface area contributed by atoms with E-state index in [1.54, 1.807) is 11.0 Å². The molecule has 4 rings (SSSR count). The molecular weight excluding hydrogens is 266 g/mol. The van der Waals surface area contributed by atoms with Gasteiger partial charge in [0.25, 0.3) is 6.01 Å². The van der Waals surface area contributed by atoms with E-state index >= 15 is 0 Å². The molecule has 6 heteroatoms. The lowest BCUT2D eigenvalue weighted by Gasteiger charge is -2.04. The topological polar surface area (TPSA) is 68.8 Å². The van der Waals surface area contributed by atoms with Gasteiger partial charge in [-0.15, -0.1) is 0 Å². The minimum absolute atomic E-state index is 0.465. The Morgan fingerprint density at radius 2 is 2.00 bits per heavy atom. The second kappa shape index (κ2) is 4.75. The Balaban J connectivity index is 1.66. The Morgan fingerprint density at radius 1 is 1.05 bits per heavy atom. The molecule has 0 radical (unpaired) electrons. The fourth-order valence-corrected chi connectivity index (χ4v) is 2.12. The van der Waals surface area contributed by atoms with Gasteiger partial charge < -0.3 is 9.73 Å². The molecule has 0 saturated carbocycles. The van der Waals surface area contributed by atoms with Crippen LogP contribution in [0, 0.1) is 0 Å². The van der Waals surface area contributed by atoms with Crippen molar-refractivity contribution in [3.8, 4) is 5.69 Å². The van der Waals surface area contributed by atoms with Crippen molar-refractivity contribution in [2.24, 2.45) is 0 Å². The van der Waals surface area contributed by atoms with Crippen molar-refractivity contribution in [3.05, 3.63) is 61.2 Å². The number of hydrogen-bond donors (Lipinski definition) is 1. The molecule has 102 valence electrons. The summed E-state index contributed by atoms with van der Waals surface area (Å²) in [5, 5.41) is 7.26. The number of aromatic nitrogens is 4. The molecule has 0 spiro atoms. The molecule has 0 bridgehead atoms. The molecule has 0 aliphatic rings. The van der Waals surface area contributed by atoms with Gasteiger partial charge >= 0.3 is 0 Å². The van der Waals surface area contributed by atoms with Gasteiger partial charge in [-0.25, -0.2) is 9.67 Å². The lowest BCUT2D eigenvalue weighted by atomic mass is 10.3. The standard InChI is InChI=1S/C15H11N5O/c1-2-7-14-13(6-1)19-15(21-14)18-11-4-3-5-12(8-11)20-10-16-9-17-20/h1-10H,(H,18,19). The van der Waals surface area contributed by atoms with Crippen molar-refractivity contribution in [1.82, 2.24) is 19.7 Å². The van der Waals surface area contributed by atoms with Crippen molar-refractivity contribution < 1.29 is 4.42 Å². The molecule has 0 atom stereocenters. The Hall–Kier alpha value is -3.15. The van der Waals surface area contributed by atoms with E-state index in [1.165, 1.54) is 6.33 Å². The predicted octanol–water partition coefficient (Wildman–Crippen LogP) is 3.15. The highest BCUT2D eigenvalue weighted by Crippen LogP contribution is 2.22. The van der Waals surface area contributed by atoms with E-state index in [0.717, 1.165) is 22.5 Å². The number of benzene rings is 2. The van der Waals surface area contributed by atoms with Gasteiger partial charge in [0, 0.05) is 5.69 Å². The Morgan fingerprint density at radius 3 is 2.86 bits per heavy atom. The van der Waals surface area contributed by atoms with Gasteiger partial charge in [-0.2, -0.15) is 10.1 Å². The number of nitrogens with zero attached hydrogens (tertiary/aromatic N) is 4. The maximum Gasteiger partial charge on any atom is 0.300 e. The largest absolute Gasteiger partial charge is 0.423 e. The normalized spacial score (nSPS) is 10.9. The van der Waals surface area contributed by atoms with Crippen LogP contribution < -0.4 is 5.32 Å². The second-order valence-corrected chi connectivity index (χ2v) is 4.50. The Kier molecular flexibility index (Phi) is 2.64. The van der Waals surface area contributed by atoms with Crippen molar-refractivity contribution in [3.63, 3.8) is 0 Å². The maximum absolute atomic E-state index is 5.65. The lowest BCUT2D eigenvalue weighted by molar-refractivity contribution is 0.623. The molecule has 21 heavy (non-hydrogen) atoms. The summed E-state index contributed by atoms with van der Waals surface area (Å²) in [7, 11) is 0. The molecule has 2 heterocycles. The molecule has 0 fully saturated rings. The van der Waals surface area contributed by atoms with Crippen LogP contribution in [0.3, 0.4) is 0 Å². The highest BCUT2D eigenvalue weighted by Gasteiger charge is 2.06. The highest BCUT2D eigenvalue weighted by molar-refractivity contribution is 5.75. The number of anilines is 2. The number of oxazole rings is 1. The predicted molar refractivity (Wildman–Crippen MR) is 78.7 cm³/mol. The third kappa shape index (κ3) is 2.23. The van der Waals surface area contributed by atoms with Crippen LogP contribution in [0.1, 0.15) is 0 Å². The maximum atomic E-state index is 5.65. The molecule has 2 aromatic heterocycles.